The first kappa shape index (κ1) is 19.8. The maximum Gasteiger partial charge on any atom is 0.293 e. The van der Waals surface area contributed by atoms with Crippen LogP contribution in [0.25, 0.3) is 0 Å². The summed E-state index contributed by atoms with van der Waals surface area (Å²) < 4.78 is 5.36. The Hall–Kier alpha value is -2.93. The maximum absolute atomic E-state index is 12.5. The van der Waals surface area contributed by atoms with Crippen LogP contribution in [0.3, 0.4) is 0 Å². The van der Waals surface area contributed by atoms with Gasteiger partial charge in [0.05, 0.1) is 11.5 Å². The Balaban J connectivity index is 1.65. The molecule has 0 spiro atoms. The fourth-order valence-electron chi connectivity index (χ4n) is 3.29. The molecule has 1 saturated heterocycles. The van der Waals surface area contributed by atoms with Crippen molar-refractivity contribution in [1.82, 2.24) is 5.32 Å². The Morgan fingerprint density at radius 3 is 2.46 bits per heavy atom. The van der Waals surface area contributed by atoms with Crippen LogP contribution in [-0.2, 0) is 17.9 Å². The third-order valence-electron chi connectivity index (χ3n) is 4.83. The van der Waals surface area contributed by atoms with Gasteiger partial charge in [-0.15, -0.1) is 0 Å². The molecule has 0 unspecified atom stereocenters. The SMILES string of the molecule is CCOCc1ccc(CNC(=O)c2ccc(N3CCCC3)c([N+](=O)[O-])c2)cc1. The average molecular weight is 383 g/mol. The van der Waals surface area contributed by atoms with Crippen molar-refractivity contribution in [1.29, 1.82) is 0 Å². The minimum Gasteiger partial charge on any atom is -0.377 e. The van der Waals surface area contributed by atoms with Gasteiger partial charge in [-0.1, -0.05) is 24.3 Å². The number of amides is 1. The lowest BCUT2D eigenvalue weighted by Gasteiger charge is -2.17. The molecule has 3 rings (SSSR count). The molecule has 1 fully saturated rings. The molecule has 1 aliphatic heterocycles. The molecule has 0 aliphatic carbocycles. The number of nitrogens with zero attached hydrogens (tertiary/aromatic N) is 2. The van der Waals surface area contributed by atoms with Crippen molar-refractivity contribution in [2.24, 2.45) is 0 Å². The first-order chi connectivity index (χ1) is 13.6. The lowest BCUT2D eigenvalue weighted by Crippen LogP contribution is -2.24. The summed E-state index contributed by atoms with van der Waals surface area (Å²) in [6, 6.07) is 12.5. The van der Waals surface area contributed by atoms with Gasteiger partial charge in [0.2, 0.25) is 0 Å². The van der Waals surface area contributed by atoms with Crippen molar-refractivity contribution in [2.75, 3.05) is 24.6 Å². The van der Waals surface area contributed by atoms with Crippen LogP contribution in [0, 0.1) is 10.1 Å². The first-order valence-electron chi connectivity index (χ1n) is 9.55. The van der Waals surface area contributed by atoms with Crippen LogP contribution < -0.4 is 10.2 Å². The van der Waals surface area contributed by atoms with Crippen LogP contribution >= 0.6 is 0 Å². The molecule has 1 heterocycles. The van der Waals surface area contributed by atoms with Gasteiger partial charge < -0.3 is 15.0 Å². The fourth-order valence-corrected chi connectivity index (χ4v) is 3.29. The number of anilines is 1. The van der Waals surface area contributed by atoms with Crippen molar-refractivity contribution < 1.29 is 14.5 Å². The second-order valence-corrected chi connectivity index (χ2v) is 6.79. The number of hydrogen-bond acceptors (Lipinski definition) is 5. The molecular weight excluding hydrogens is 358 g/mol. The van der Waals surface area contributed by atoms with Crippen molar-refractivity contribution in [3.63, 3.8) is 0 Å². The Bertz CT molecular complexity index is 830. The zero-order chi connectivity index (χ0) is 19.9. The van der Waals surface area contributed by atoms with Crippen LogP contribution in [0.1, 0.15) is 41.3 Å². The van der Waals surface area contributed by atoms with Gasteiger partial charge in [0.1, 0.15) is 5.69 Å². The smallest absolute Gasteiger partial charge is 0.293 e. The van der Waals surface area contributed by atoms with E-state index in [0.29, 0.717) is 31.0 Å². The molecule has 1 aliphatic rings. The van der Waals surface area contributed by atoms with Gasteiger partial charge in [0.25, 0.3) is 11.6 Å². The van der Waals surface area contributed by atoms with E-state index in [0.717, 1.165) is 37.1 Å². The Morgan fingerprint density at radius 2 is 1.82 bits per heavy atom. The molecule has 148 valence electrons. The molecule has 2 aromatic rings. The molecule has 0 bridgehead atoms. The highest BCUT2D eigenvalue weighted by atomic mass is 16.6. The number of carbonyl (C=O) groups excluding carboxylic acids is 1. The summed E-state index contributed by atoms with van der Waals surface area (Å²) in [6.07, 6.45) is 2.06. The summed E-state index contributed by atoms with van der Waals surface area (Å²) in [4.78, 5) is 25.5. The Kier molecular flexibility index (Phi) is 6.60. The van der Waals surface area contributed by atoms with Crippen LogP contribution in [0.2, 0.25) is 0 Å². The molecule has 7 nitrogen and oxygen atoms in total. The van der Waals surface area contributed by atoms with Crippen molar-refractivity contribution in [3.05, 3.63) is 69.3 Å². The quantitative estimate of drug-likeness (QED) is 0.555. The summed E-state index contributed by atoms with van der Waals surface area (Å²) in [5.74, 6) is -0.325. The normalized spacial score (nSPS) is 13.5. The van der Waals surface area contributed by atoms with Crippen LogP contribution in [0.4, 0.5) is 11.4 Å². The highest BCUT2D eigenvalue weighted by Gasteiger charge is 2.23. The first-order valence-corrected chi connectivity index (χ1v) is 9.55. The van der Waals surface area contributed by atoms with Gasteiger partial charge in [0.15, 0.2) is 0 Å². The highest BCUT2D eigenvalue weighted by Crippen LogP contribution is 2.31. The van der Waals surface area contributed by atoms with Crippen LogP contribution in [-0.4, -0.2) is 30.5 Å². The molecule has 2 aromatic carbocycles. The van der Waals surface area contributed by atoms with E-state index in [4.69, 9.17) is 4.74 Å². The van der Waals surface area contributed by atoms with E-state index in [1.807, 2.05) is 36.1 Å². The Labute approximate surface area is 164 Å². The number of benzene rings is 2. The second kappa shape index (κ2) is 9.32. The van der Waals surface area contributed by atoms with E-state index >= 15 is 0 Å². The third kappa shape index (κ3) is 4.86. The third-order valence-corrected chi connectivity index (χ3v) is 4.83. The lowest BCUT2D eigenvalue weighted by atomic mass is 10.1. The molecule has 28 heavy (non-hydrogen) atoms. The number of hydrogen-bond donors (Lipinski definition) is 1. The maximum atomic E-state index is 12.5. The topological polar surface area (TPSA) is 84.7 Å². The van der Waals surface area contributed by atoms with Gasteiger partial charge in [-0.2, -0.15) is 0 Å². The molecule has 0 atom stereocenters. The summed E-state index contributed by atoms with van der Waals surface area (Å²) >= 11 is 0. The zero-order valence-electron chi connectivity index (χ0n) is 16.0. The van der Waals surface area contributed by atoms with Gasteiger partial charge in [-0.3, -0.25) is 14.9 Å². The number of carbonyl (C=O) groups is 1. The van der Waals surface area contributed by atoms with E-state index in [2.05, 4.69) is 5.32 Å². The zero-order valence-corrected chi connectivity index (χ0v) is 16.0. The van der Waals surface area contributed by atoms with E-state index < -0.39 is 4.92 Å². The molecule has 0 saturated carbocycles. The summed E-state index contributed by atoms with van der Waals surface area (Å²) in [5.41, 5.74) is 2.89. The fraction of sp³-hybridized carbons (Fsp3) is 0.381. The van der Waals surface area contributed by atoms with Crippen molar-refractivity contribution >= 4 is 17.3 Å². The van der Waals surface area contributed by atoms with Crippen molar-refractivity contribution in [3.8, 4) is 0 Å². The predicted molar refractivity (Wildman–Crippen MR) is 107 cm³/mol. The molecule has 0 aromatic heterocycles. The van der Waals surface area contributed by atoms with Gasteiger partial charge >= 0.3 is 0 Å². The predicted octanol–water partition coefficient (Wildman–Crippen LogP) is 3.66. The van der Waals surface area contributed by atoms with Gasteiger partial charge in [-0.05, 0) is 43.0 Å². The number of nitro groups is 1. The molecule has 7 heteroatoms. The number of rotatable bonds is 8. The standard InChI is InChI=1S/C21H25N3O4/c1-2-28-15-17-7-5-16(6-8-17)14-22-21(25)18-9-10-19(20(13-18)24(26)27)23-11-3-4-12-23/h5-10,13H,2-4,11-12,14-15H2,1H3,(H,22,25). The number of nitrogens with one attached hydrogen (secondary N) is 1. The van der Waals surface area contributed by atoms with Crippen molar-refractivity contribution in [2.45, 2.75) is 32.9 Å². The second-order valence-electron chi connectivity index (χ2n) is 6.79. The molecular formula is C21H25N3O4. The molecule has 0 radical (unpaired) electrons. The monoisotopic (exact) mass is 383 g/mol. The van der Waals surface area contributed by atoms with Crippen LogP contribution in [0.5, 0.6) is 0 Å². The van der Waals surface area contributed by atoms with Crippen LogP contribution in [0.15, 0.2) is 42.5 Å². The Morgan fingerprint density at radius 1 is 1.14 bits per heavy atom. The highest BCUT2D eigenvalue weighted by molar-refractivity contribution is 5.95. The minimum atomic E-state index is -0.415. The number of nitro benzene ring substituents is 1. The summed E-state index contributed by atoms with van der Waals surface area (Å²) in [5, 5.41) is 14.3. The van der Waals surface area contributed by atoms with E-state index in [9.17, 15) is 14.9 Å². The lowest BCUT2D eigenvalue weighted by molar-refractivity contribution is -0.384. The average Bonchev–Trinajstić information content (AvgIpc) is 3.25. The number of ether oxygens (including phenoxy) is 1. The molecule has 1 N–H and O–H groups in total. The summed E-state index contributed by atoms with van der Waals surface area (Å²) in [7, 11) is 0. The van der Waals surface area contributed by atoms with E-state index in [-0.39, 0.29) is 11.6 Å². The summed E-state index contributed by atoms with van der Waals surface area (Å²) in [6.45, 7) is 5.16. The van der Waals surface area contributed by atoms with E-state index in [1.165, 1.54) is 6.07 Å². The van der Waals surface area contributed by atoms with Gasteiger partial charge in [0, 0.05) is 37.9 Å². The molecule has 1 amide bonds. The van der Waals surface area contributed by atoms with Gasteiger partial charge in [-0.25, -0.2) is 0 Å². The largest absolute Gasteiger partial charge is 0.377 e. The van der Waals surface area contributed by atoms with E-state index in [1.54, 1.807) is 12.1 Å². The minimum absolute atomic E-state index is 0.0187.